The number of carbonyl (C=O) groups is 1. The van der Waals surface area contributed by atoms with Crippen molar-refractivity contribution in [3.8, 4) is 0 Å². The van der Waals surface area contributed by atoms with Crippen molar-refractivity contribution in [2.24, 2.45) is 0 Å². The van der Waals surface area contributed by atoms with E-state index in [0.717, 1.165) is 6.92 Å². The summed E-state index contributed by atoms with van der Waals surface area (Å²) in [6, 6.07) is 0. The van der Waals surface area contributed by atoms with Gasteiger partial charge >= 0.3 is 0 Å². The number of rotatable bonds is 24. The van der Waals surface area contributed by atoms with Gasteiger partial charge in [0, 0.05) is 5.97 Å². The highest BCUT2D eigenvalue weighted by Gasteiger charge is 2.20. The fourth-order valence-corrected chi connectivity index (χ4v) is 4.69. The maximum atomic E-state index is 8.89. The molecule has 0 aliphatic heterocycles. The van der Waals surface area contributed by atoms with Crippen LogP contribution in [0.3, 0.4) is 0 Å². The van der Waals surface area contributed by atoms with Gasteiger partial charge in [0.2, 0.25) is 0 Å². The Morgan fingerprint density at radius 2 is 0.667 bits per heavy atom. The van der Waals surface area contributed by atoms with Crippen molar-refractivity contribution < 1.29 is 14.4 Å². The van der Waals surface area contributed by atoms with Gasteiger partial charge in [-0.1, -0.05) is 117 Å². The molecule has 0 radical (unpaired) electrons. The third kappa shape index (κ3) is 31.4. The molecule has 0 aliphatic carbocycles. The number of quaternary nitrogens is 1. The molecule has 0 amide bonds. The molecular weight excluding hydrogens is 406 g/mol. The summed E-state index contributed by atoms with van der Waals surface area (Å²) in [5.41, 5.74) is 0. The van der Waals surface area contributed by atoms with E-state index in [4.69, 9.17) is 9.90 Å². The van der Waals surface area contributed by atoms with E-state index in [1.165, 1.54) is 159 Å². The fraction of sp³-hybridized carbons (Fsp3) is 0.967. The van der Waals surface area contributed by atoms with E-state index in [1.54, 1.807) is 0 Å². The van der Waals surface area contributed by atoms with Gasteiger partial charge in [0.15, 0.2) is 0 Å². The number of hydrogen-bond acceptors (Lipinski definition) is 2. The lowest BCUT2D eigenvalue weighted by molar-refractivity contribution is -0.910. The molecule has 0 heterocycles. The number of hydrogen-bond donors (Lipinski definition) is 0. The summed E-state index contributed by atoms with van der Waals surface area (Å²) in [7, 11) is 2.57. The lowest BCUT2D eigenvalue weighted by Crippen LogP contribution is -2.46. The lowest BCUT2D eigenvalue weighted by atomic mass is 10.1. The van der Waals surface area contributed by atoms with Crippen LogP contribution in [-0.2, 0) is 4.79 Å². The Morgan fingerprint density at radius 3 is 0.879 bits per heavy atom. The first-order valence-electron chi connectivity index (χ1n) is 14.9. The molecule has 0 fully saturated rings. The SMILES string of the molecule is CC(=O)[O-].CCCCCCCCC[N+](C)(CCCCCCCCC)CCCCCCCCC. The predicted molar refractivity (Wildman–Crippen MR) is 145 cm³/mol. The van der Waals surface area contributed by atoms with E-state index < -0.39 is 5.97 Å². The number of carbonyl (C=O) groups excluding carboxylic acids is 1. The van der Waals surface area contributed by atoms with Gasteiger partial charge in [-0.15, -0.1) is 0 Å². The zero-order chi connectivity index (χ0) is 25.0. The number of carboxylic acids is 1. The van der Waals surface area contributed by atoms with Crippen LogP contribution < -0.4 is 5.11 Å². The van der Waals surface area contributed by atoms with Crippen LogP contribution in [0.25, 0.3) is 0 Å². The third-order valence-electron chi connectivity index (χ3n) is 6.90. The van der Waals surface area contributed by atoms with Crippen molar-refractivity contribution in [2.45, 2.75) is 163 Å². The van der Waals surface area contributed by atoms with Crippen LogP contribution in [0.2, 0.25) is 0 Å². The quantitative estimate of drug-likeness (QED) is 0.105. The molecule has 0 saturated carbocycles. The fourth-order valence-electron chi connectivity index (χ4n) is 4.69. The normalized spacial score (nSPS) is 11.3. The molecule has 0 aromatic heterocycles. The van der Waals surface area contributed by atoms with Crippen molar-refractivity contribution in [1.29, 1.82) is 0 Å². The monoisotopic (exact) mass is 469 g/mol. The standard InChI is InChI=1S/C28H60N.C2H4O2/c1-5-8-11-14-17-20-23-26-29(4,27-24-21-18-15-12-9-6-2)28-25-22-19-16-13-10-7-3;1-2(3)4/h5-28H2,1-4H3;1H3,(H,3,4)/q+1;/p-1. The van der Waals surface area contributed by atoms with Gasteiger partial charge in [0.1, 0.15) is 0 Å². The number of carboxylic acid groups (broad SMARTS) is 1. The van der Waals surface area contributed by atoms with Crippen LogP contribution in [0, 0.1) is 0 Å². The Kier molecular flexibility index (Phi) is 29.0. The summed E-state index contributed by atoms with van der Waals surface area (Å²) in [5, 5.41) is 8.89. The number of aliphatic carboxylic acids is 1. The van der Waals surface area contributed by atoms with Crippen LogP contribution in [0.5, 0.6) is 0 Å². The Hall–Kier alpha value is -0.570. The smallest absolute Gasteiger partial charge is 0.0784 e. The van der Waals surface area contributed by atoms with Crippen LogP contribution in [-0.4, -0.2) is 37.1 Å². The molecule has 0 aliphatic rings. The first kappa shape index (κ1) is 34.6. The lowest BCUT2D eigenvalue weighted by Gasteiger charge is -2.35. The maximum absolute atomic E-state index is 8.89. The summed E-state index contributed by atoms with van der Waals surface area (Å²) >= 11 is 0. The van der Waals surface area contributed by atoms with Gasteiger partial charge in [0.25, 0.3) is 0 Å². The molecule has 3 heteroatoms. The summed E-state index contributed by atoms with van der Waals surface area (Å²) in [5.74, 6) is -1.08. The molecular formula is C30H63NO2. The minimum absolute atomic E-state index is 0.972. The molecule has 0 spiro atoms. The highest BCUT2D eigenvalue weighted by Crippen LogP contribution is 2.16. The van der Waals surface area contributed by atoms with E-state index in [-0.39, 0.29) is 0 Å². The van der Waals surface area contributed by atoms with Crippen LogP contribution in [0.4, 0.5) is 0 Å². The van der Waals surface area contributed by atoms with Gasteiger partial charge in [-0.3, -0.25) is 0 Å². The molecule has 3 nitrogen and oxygen atoms in total. The molecule has 0 N–H and O–H groups in total. The average Bonchev–Trinajstić information content (AvgIpc) is 2.77. The van der Waals surface area contributed by atoms with Crippen molar-refractivity contribution >= 4 is 5.97 Å². The van der Waals surface area contributed by atoms with Crippen LogP contribution in [0.15, 0.2) is 0 Å². The molecule has 0 bridgehead atoms. The van der Waals surface area contributed by atoms with Crippen molar-refractivity contribution in [2.75, 3.05) is 26.7 Å². The first-order valence-corrected chi connectivity index (χ1v) is 14.9. The van der Waals surface area contributed by atoms with Crippen molar-refractivity contribution in [3.05, 3.63) is 0 Å². The van der Waals surface area contributed by atoms with E-state index in [9.17, 15) is 0 Å². The Balaban J connectivity index is 0. The predicted octanol–water partition coefficient (Wildman–Crippen LogP) is 8.44. The third-order valence-corrected chi connectivity index (χ3v) is 6.90. The highest BCUT2D eigenvalue weighted by atomic mass is 16.4. The van der Waals surface area contributed by atoms with Crippen molar-refractivity contribution in [3.63, 3.8) is 0 Å². The zero-order valence-corrected chi connectivity index (χ0v) is 23.7. The van der Waals surface area contributed by atoms with Gasteiger partial charge in [0.05, 0.1) is 26.7 Å². The summed E-state index contributed by atoms with van der Waals surface area (Å²) < 4.78 is 1.36. The average molecular weight is 470 g/mol. The summed E-state index contributed by atoms with van der Waals surface area (Å²) in [4.78, 5) is 8.89. The number of nitrogens with zero attached hydrogens (tertiary/aromatic N) is 1. The van der Waals surface area contributed by atoms with E-state index in [0.29, 0.717) is 0 Å². The van der Waals surface area contributed by atoms with E-state index in [2.05, 4.69) is 27.8 Å². The second kappa shape index (κ2) is 27.7. The first-order chi connectivity index (χ1) is 15.9. The van der Waals surface area contributed by atoms with Gasteiger partial charge < -0.3 is 14.4 Å². The molecule has 33 heavy (non-hydrogen) atoms. The Bertz CT molecular complexity index is 334. The molecule has 0 atom stereocenters. The Labute approximate surface area is 209 Å². The summed E-state index contributed by atoms with van der Waals surface area (Å²) in [6.45, 7) is 12.2. The molecule has 0 aromatic carbocycles. The maximum Gasteiger partial charge on any atom is 0.0784 e. The molecule has 200 valence electrons. The minimum Gasteiger partial charge on any atom is -0.550 e. The second-order valence-corrected chi connectivity index (χ2v) is 10.6. The molecule has 0 aromatic rings. The largest absolute Gasteiger partial charge is 0.550 e. The highest BCUT2D eigenvalue weighted by molar-refractivity contribution is 5.60. The second-order valence-electron chi connectivity index (χ2n) is 10.6. The van der Waals surface area contributed by atoms with Gasteiger partial charge in [-0.05, 0) is 45.4 Å². The van der Waals surface area contributed by atoms with E-state index >= 15 is 0 Å². The van der Waals surface area contributed by atoms with E-state index in [1.807, 2.05) is 0 Å². The molecule has 0 saturated heterocycles. The van der Waals surface area contributed by atoms with Crippen molar-refractivity contribution in [1.82, 2.24) is 0 Å². The van der Waals surface area contributed by atoms with Gasteiger partial charge in [-0.25, -0.2) is 0 Å². The zero-order valence-electron chi connectivity index (χ0n) is 23.7. The minimum atomic E-state index is -1.08. The van der Waals surface area contributed by atoms with Gasteiger partial charge in [-0.2, -0.15) is 0 Å². The topological polar surface area (TPSA) is 40.1 Å². The number of unbranched alkanes of at least 4 members (excludes halogenated alkanes) is 18. The molecule has 0 rings (SSSR count). The van der Waals surface area contributed by atoms with Crippen LogP contribution in [0.1, 0.15) is 163 Å². The summed E-state index contributed by atoms with van der Waals surface area (Å²) in [6.07, 6.45) is 30.3. The molecule has 0 unspecified atom stereocenters. The Morgan fingerprint density at radius 1 is 0.485 bits per heavy atom. The van der Waals surface area contributed by atoms with Crippen LogP contribution >= 0.6 is 0 Å².